The second-order valence-corrected chi connectivity index (χ2v) is 14.1. The summed E-state index contributed by atoms with van der Waals surface area (Å²) in [6.07, 6.45) is 0. The second kappa shape index (κ2) is 14.0. The molecule has 246 valence electrons. The van der Waals surface area contributed by atoms with Gasteiger partial charge in [0.15, 0.2) is 0 Å². The van der Waals surface area contributed by atoms with Gasteiger partial charge in [0.05, 0.1) is 0 Å². The zero-order valence-electron chi connectivity index (χ0n) is 28.6. The molecule has 0 aliphatic carbocycles. The zero-order valence-corrected chi connectivity index (χ0v) is 29.4. The first-order valence-corrected chi connectivity index (χ1v) is 18.5. The van der Waals surface area contributed by atoms with Crippen LogP contribution in [-0.4, -0.2) is 0 Å². The van der Waals surface area contributed by atoms with Gasteiger partial charge in [0.1, 0.15) is 0 Å². The van der Waals surface area contributed by atoms with E-state index < -0.39 is 0 Å². The summed E-state index contributed by atoms with van der Waals surface area (Å²) in [6.45, 7) is 0. The maximum absolute atomic E-state index is 2.33. The van der Waals surface area contributed by atoms with Crippen molar-refractivity contribution in [3.63, 3.8) is 0 Å². The topological polar surface area (TPSA) is 3.24 Å². The molecular formula is C50H35NS. The number of hydrogen-bond donors (Lipinski definition) is 0. The molecule has 52 heavy (non-hydrogen) atoms. The molecule has 0 saturated heterocycles. The molecule has 0 fully saturated rings. The Bertz CT molecular complexity index is 2430. The van der Waals surface area contributed by atoms with Crippen molar-refractivity contribution < 1.29 is 0 Å². The maximum Gasteiger partial charge on any atom is 0.0462 e. The number of anilines is 3. The first-order valence-electron chi connectivity index (χ1n) is 17.7. The fourth-order valence-electron chi connectivity index (χ4n) is 6.92. The van der Waals surface area contributed by atoms with Gasteiger partial charge in [0.2, 0.25) is 0 Å². The molecule has 9 aromatic rings. The Morgan fingerprint density at radius 3 is 0.962 bits per heavy atom. The Morgan fingerprint density at radius 1 is 0.269 bits per heavy atom. The third-order valence-corrected chi connectivity index (χ3v) is 10.9. The molecule has 1 nitrogen and oxygen atoms in total. The smallest absolute Gasteiger partial charge is 0.0462 e. The predicted molar refractivity (Wildman–Crippen MR) is 224 cm³/mol. The number of nitrogens with zero attached hydrogens (tertiary/aromatic N) is 1. The van der Waals surface area contributed by atoms with Crippen molar-refractivity contribution in [3.8, 4) is 54.9 Å². The van der Waals surface area contributed by atoms with Crippen LogP contribution in [0.1, 0.15) is 0 Å². The fraction of sp³-hybridized carbons (Fsp3) is 0. The summed E-state index contributed by atoms with van der Waals surface area (Å²) in [6, 6.07) is 76.5. The highest BCUT2D eigenvalue weighted by Crippen LogP contribution is 2.38. The van der Waals surface area contributed by atoms with E-state index in [1.807, 2.05) is 11.3 Å². The zero-order chi connectivity index (χ0) is 34.7. The van der Waals surface area contributed by atoms with Gasteiger partial charge in [0.25, 0.3) is 0 Å². The number of benzene rings is 8. The molecule has 0 saturated carbocycles. The molecule has 0 radical (unpaired) electrons. The summed E-state index contributed by atoms with van der Waals surface area (Å²) in [7, 11) is 0. The highest BCUT2D eigenvalue weighted by Gasteiger charge is 2.14. The van der Waals surface area contributed by atoms with Gasteiger partial charge in [-0.05, 0) is 104 Å². The van der Waals surface area contributed by atoms with E-state index in [4.69, 9.17) is 0 Å². The lowest BCUT2D eigenvalue weighted by Gasteiger charge is -2.26. The first-order chi connectivity index (χ1) is 25.7. The van der Waals surface area contributed by atoms with Crippen LogP contribution in [0, 0.1) is 0 Å². The average Bonchev–Trinajstić information content (AvgIpc) is 3.67. The van der Waals surface area contributed by atoms with E-state index in [9.17, 15) is 0 Å². The highest BCUT2D eigenvalue weighted by atomic mass is 32.1. The largest absolute Gasteiger partial charge is 0.311 e. The van der Waals surface area contributed by atoms with Crippen molar-refractivity contribution in [3.05, 3.63) is 212 Å². The standard InChI is InChI=1S/C50H35NS/c1-3-9-36(10-4-1)41-23-29-46(30-24-41)51(47-31-25-42(26-32-47)37-11-5-2-6-12-37)48-33-27-43(28-34-48)39-17-15-38(16-18-39)40-19-21-44(22-20-40)50-35-45-13-7-8-14-49(45)52-50/h1-35H. The van der Waals surface area contributed by atoms with Crippen molar-refractivity contribution in [2.45, 2.75) is 0 Å². The first kappa shape index (κ1) is 31.5. The average molecular weight is 682 g/mol. The Labute approximate surface area is 309 Å². The van der Waals surface area contributed by atoms with E-state index in [0.717, 1.165) is 17.1 Å². The van der Waals surface area contributed by atoms with Gasteiger partial charge in [-0.3, -0.25) is 0 Å². The van der Waals surface area contributed by atoms with E-state index in [2.05, 4.69) is 217 Å². The van der Waals surface area contributed by atoms with Crippen molar-refractivity contribution >= 4 is 38.5 Å². The van der Waals surface area contributed by atoms with Crippen molar-refractivity contribution in [1.82, 2.24) is 0 Å². The van der Waals surface area contributed by atoms with Crippen LogP contribution in [0.5, 0.6) is 0 Å². The lowest BCUT2D eigenvalue weighted by Crippen LogP contribution is -2.09. The molecule has 9 rings (SSSR count). The molecule has 8 aromatic carbocycles. The minimum Gasteiger partial charge on any atom is -0.311 e. The van der Waals surface area contributed by atoms with Gasteiger partial charge >= 0.3 is 0 Å². The number of thiophene rings is 1. The quantitative estimate of drug-likeness (QED) is 0.154. The van der Waals surface area contributed by atoms with E-state index in [1.165, 1.54) is 65.0 Å². The molecule has 0 atom stereocenters. The monoisotopic (exact) mass is 681 g/mol. The van der Waals surface area contributed by atoms with Gasteiger partial charge in [-0.15, -0.1) is 11.3 Å². The van der Waals surface area contributed by atoms with Crippen LogP contribution in [0.15, 0.2) is 212 Å². The lowest BCUT2D eigenvalue weighted by molar-refractivity contribution is 1.28. The van der Waals surface area contributed by atoms with Crippen molar-refractivity contribution in [2.24, 2.45) is 0 Å². The second-order valence-electron chi connectivity index (χ2n) is 13.0. The molecule has 0 aliphatic heterocycles. The Balaban J connectivity index is 0.979. The molecule has 0 bridgehead atoms. The van der Waals surface area contributed by atoms with E-state index in [1.54, 1.807) is 0 Å². The summed E-state index contributed by atoms with van der Waals surface area (Å²) in [5.74, 6) is 0. The lowest BCUT2D eigenvalue weighted by atomic mass is 9.99. The van der Waals surface area contributed by atoms with Crippen LogP contribution in [0.25, 0.3) is 65.0 Å². The van der Waals surface area contributed by atoms with Gasteiger partial charge in [-0.2, -0.15) is 0 Å². The minimum atomic E-state index is 1.11. The molecule has 0 aliphatic rings. The van der Waals surface area contributed by atoms with Crippen LogP contribution in [-0.2, 0) is 0 Å². The predicted octanol–water partition coefficient (Wildman–Crippen LogP) is 14.7. The normalized spacial score (nSPS) is 11.1. The molecule has 1 heterocycles. The van der Waals surface area contributed by atoms with E-state index in [-0.39, 0.29) is 0 Å². The summed E-state index contributed by atoms with van der Waals surface area (Å²) in [5.41, 5.74) is 14.3. The van der Waals surface area contributed by atoms with E-state index in [0.29, 0.717) is 0 Å². The molecular weight excluding hydrogens is 647 g/mol. The fourth-order valence-corrected chi connectivity index (χ4v) is 7.99. The van der Waals surface area contributed by atoms with Gasteiger partial charge in [-0.25, -0.2) is 0 Å². The summed E-state index contributed by atoms with van der Waals surface area (Å²) in [5, 5.41) is 1.30. The van der Waals surface area contributed by atoms with Crippen LogP contribution in [0.4, 0.5) is 17.1 Å². The number of fused-ring (bicyclic) bond motifs is 1. The SMILES string of the molecule is c1ccc(-c2ccc(N(c3ccc(-c4ccccc4)cc3)c3ccc(-c4ccc(-c5ccc(-c6cc7ccccc7s6)cc5)cc4)cc3)cc2)cc1. The van der Waals surface area contributed by atoms with Crippen molar-refractivity contribution in [2.75, 3.05) is 4.90 Å². The Hall–Kier alpha value is -6.48. The molecule has 1 aromatic heterocycles. The van der Waals surface area contributed by atoms with Gasteiger partial charge in [-0.1, -0.05) is 164 Å². The van der Waals surface area contributed by atoms with Crippen LogP contribution in [0.3, 0.4) is 0 Å². The third-order valence-electron chi connectivity index (χ3n) is 9.74. The summed E-state index contributed by atoms with van der Waals surface area (Å²) in [4.78, 5) is 3.64. The van der Waals surface area contributed by atoms with Gasteiger partial charge < -0.3 is 4.90 Å². The van der Waals surface area contributed by atoms with Crippen LogP contribution in [0.2, 0.25) is 0 Å². The van der Waals surface area contributed by atoms with Gasteiger partial charge in [0, 0.05) is 26.6 Å². The molecule has 0 spiro atoms. The number of hydrogen-bond acceptors (Lipinski definition) is 2. The Kier molecular flexibility index (Phi) is 8.50. The third kappa shape index (κ3) is 6.44. The number of rotatable bonds is 8. The summed E-state index contributed by atoms with van der Waals surface area (Å²) < 4.78 is 1.33. The summed E-state index contributed by atoms with van der Waals surface area (Å²) >= 11 is 1.85. The van der Waals surface area contributed by atoms with Crippen LogP contribution >= 0.6 is 11.3 Å². The minimum absolute atomic E-state index is 1.11. The van der Waals surface area contributed by atoms with E-state index >= 15 is 0 Å². The Morgan fingerprint density at radius 2 is 0.577 bits per heavy atom. The highest BCUT2D eigenvalue weighted by molar-refractivity contribution is 7.22. The molecule has 2 heteroatoms. The molecule has 0 amide bonds. The molecule has 0 N–H and O–H groups in total. The van der Waals surface area contributed by atoms with Crippen molar-refractivity contribution in [1.29, 1.82) is 0 Å². The van der Waals surface area contributed by atoms with Crippen LogP contribution < -0.4 is 4.90 Å². The maximum atomic E-state index is 2.33. The molecule has 0 unspecified atom stereocenters.